The maximum absolute atomic E-state index is 13.2. The summed E-state index contributed by atoms with van der Waals surface area (Å²) in [5, 5.41) is 0. The first-order chi connectivity index (χ1) is 13.9. The van der Waals surface area contributed by atoms with Gasteiger partial charge in [-0.05, 0) is 42.5 Å². The zero-order chi connectivity index (χ0) is 20.5. The van der Waals surface area contributed by atoms with Gasteiger partial charge in [-0.2, -0.15) is 0 Å². The van der Waals surface area contributed by atoms with E-state index in [-0.39, 0.29) is 38.0 Å². The Morgan fingerprint density at radius 1 is 0.759 bits per heavy atom. The first-order valence-electron chi connectivity index (χ1n) is 8.88. The molecule has 1 heterocycles. The summed E-state index contributed by atoms with van der Waals surface area (Å²) < 4.78 is 63.2. The molecule has 3 aromatic rings. The van der Waals surface area contributed by atoms with Crippen LogP contribution in [0.25, 0.3) is 0 Å². The minimum absolute atomic E-state index is 0.0572. The van der Waals surface area contributed by atoms with Crippen LogP contribution in [0.3, 0.4) is 0 Å². The van der Waals surface area contributed by atoms with Crippen LogP contribution in [0.1, 0.15) is 0 Å². The van der Waals surface area contributed by atoms with Crippen LogP contribution in [0, 0.1) is 0 Å². The summed E-state index contributed by atoms with van der Waals surface area (Å²) in [5.41, 5.74) is 0. The molecule has 0 amide bonds. The number of rotatable bonds is 7. The smallest absolute Gasteiger partial charge is 0.210 e. The van der Waals surface area contributed by atoms with E-state index in [1.165, 1.54) is 36.4 Å². The van der Waals surface area contributed by atoms with Crippen molar-refractivity contribution in [2.45, 2.75) is 25.7 Å². The third-order valence-electron chi connectivity index (χ3n) is 4.45. The third-order valence-corrected chi connectivity index (χ3v) is 8.01. The topological polar surface area (TPSA) is 90.0 Å². The molecule has 1 atom stereocenters. The van der Waals surface area contributed by atoms with Crippen LogP contribution in [0.5, 0.6) is 5.75 Å². The molecular weight excluding hydrogens is 412 g/mol. The molecule has 1 aliphatic heterocycles. The van der Waals surface area contributed by atoms with Gasteiger partial charge in [0.25, 0.3) is 0 Å². The average Bonchev–Trinajstić information content (AvgIpc) is 3.58. The molecule has 1 aliphatic rings. The molecule has 0 saturated carbocycles. The van der Waals surface area contributed by atoms with E-state index in [0.29, 0.717) is 6.61 Å². The van der Waals surface area contributed by atoms with Crippen molar-refractivity contribution >= 4 is 19.7 Å². The molecule has 3 aromatic carbocycles. The van der Waals surface area contributed by atoms with Gasteiger partial charge in [0.1, 0.15) is 23.4 Å². The molecule has 1 saturated heterocycles. The summed E-state index contributed by atoms with van der Waals surface area (Å²) in [7, 11) is -7.88. The zero-order valence-electron chi connectivity index (χ0n) is 15.3. The van der Waals surface area contributed by atoms with E-state index >= 15 is 0 Å². The standard InChI is InChI=1S/C21H18O6S2/c22-28(23,17-7-3-1-4-8-17)19-11-12-20(27-15-16-14-26-16)21(13-19)29(24,25)18-9-5-2-6-10-18/h1-13,16H,14-15H2. The van der Waals surface area contributed by atoms with Crippen LogP contribution in [0.2, 0.25) is 0 Å². The Labute approximate surface area is 169 Å². The van der Waals surface area contributed by atoms with Gasteiger partial charge in [-0.1, -0.05) is 36.4 Å². The quantitative estimate of drug-likeness (QED) is 0.535. The zero-order valence-corrected chi connectivity index (χ0v) is 16.9. The van der Waals surface area contributed by atoms with Crippen molar-refractivity contribution in [3.8, 4) is 5.75 Å². The van der Waals surface area contributed by atoms with Crippen molar-refractivity contribution in [2.75, 3.05) is 13.2 Å². The fourth-order valence-electron chi connectivity index (χ4n) is 2.79. The van der Waals surface area contributed by atoms with E-state index < -0.39 is 19.7 Å². The summed E-state index contributed by atoms with van der Waals surface area (Å²) in [5.74, 6) is 0.0939. The SMILES string of the molecule is O=S(=O)(c1ccccc1)c1ccc(OCC2CO2)c(S(=O)(=O)c2ccccc2)c1. The first kappa shape index (κ1) is 19.6. The van der Waals surface area contributed by atoms with Crippen molar-refractivity contribution in [3.63, 3.8) is 0 Å². The molecule has 29 heavy (non-hydrogen) atoms. The Morgan fingerprint density at radius 2 is 1.31 bits per heavy atom. The molecule has 4 rings (SSSR count). The molecule has 1 fully saturated rings. The molecule has 0 spiro atoms. The molecular formula is C21H18O6S2. The Kier molecular flexibility index (Phi) is 5.16. The minimum Gasteiger partial charge on any atom is -0.489 e. The monoisotopic (exact) mass is 430 g/mol. The molecule has 8 heteroatoms. The van der Waals surface area contributed by atoms with E-state index in [2.05, 4.69) is 0 Å². The highest BCUT2D eigenvalue weighted by atomic mass is 32.2. The second-order valence-corrected chi connectivity index (χ2v) is 10.4. The number of sulfone groups is 2. The summed E-state index contributed by atoms with van der Waals surface area (Å²) in [6, 6.07) is 19.6. The van der Waals surface area contributed by atoms with E-state index in [1.807, 2.05) is 0 Å². The normalized spacial score (nSPS) is 16.3. The van der Waals surface area contributed by atoms with Crippen LogP contribution in [0.15, 0.2) is 98.4 Å². The summed E-state index contributed by atoms with van der Waals surface area (Å²) in [6.45, 7) is 0.753. The second kappa shape index (κ2) is 7.62. The number of benzene rings is 3. The van der Waals surface area contributed by atoms with Gasteiger partial charge in [-0.15, -0.1) is 0 Å². The van der Waals surface area contributed by atoms with Crippen LogP contribution < -0.4 is 4.74 Å². The fraction of sp³-hybridized carbons (Fsp3) is 0.143. The van der Waals surface area contributed by atoms with Crippen LogP contribution in [0.4, 0.5) is 0 Å². The van der Waals surface area contributed by atoms with Crippen molar-refractivity contribution in [1.29, 1.82) is 0 Å². The highest BCUT2D eigenvalue weighted by Gasteiger charge is 2.29. The van der Waals surface area contributed by atoms with Crippen molar-refractivity contribution < 1.29 is 26.3 Å². The first-order valence-corrected chi connectivity index (χ1v) is 11.8. The third kappa shape index (κ3) is 4.05. The van der Waals surface area contributed by atoms with E-state index in [0.717, 1.165) is 6.07 Å². The van der Waals surface area contributed by atoms with Gasteiger partial charge < -0.3 is 9.47 Å². The molecule has 0 aliphatic carbocycles. The highest BCUT2D eigenvalue weighted by Crippen LogP contribution is 2.34. The Hall–Kier alpha value is -2.68. The van der Waals surface area contributed by atoms with Gasteiger partial charge >= 0.3 is 0 Å². The van der Waals surface area contributed by atoms with Crippen molar-refractivity contribution in [3.05, 3.63) is 78.9 Å². The summed E-state index contributed by atoms with van der Waals surface area (Å²) in [6.07, 6.45) is -0.0741. The van der Waals surface area contributed by atoms with E-state index in [1.54, 1.807) is 36.4 Å². The molecule has 150 valence electrons. The van der Waals surface area contributed by atoms with Gasteiger partial charge in [-0.25, -0.2) is 16.8 Å². The number of epoxide rings is 1. The van der Waals surface area contributed by atoms with Gasteiger partial charge in [0.15, 0.2) is 0 Å². The lowest BCUT2D eigenvalue weighted by Crippen LogP contribution is -2.11. The number of ether oxygens (including phenoxy) is 2. The van der Waals surface area contributed by atoms with Crippen LogP contribution in [-0.4, -0.2) is 36.2 Å². The fourth-order valence-corrected chi connectivity index (χ4v) is 5.62. The number of hydrogen-bond acceptors (Lipinski definition) is 6. The molecule has 0 aromatic heterocycles. The molecule has 1 unspecified atom stereocenters. The van der Waals surface area contributed by atoms with Gasteiger partial charge in [0.2, 0.25) is 19.7 Å². The maximum atomic E-state index is 13.2. The Morgan fingerprint density at radius 3 is 1.86 bits per heavy atom. The van der Waals surface area contributed by atoms with Gasteiger partial charge in [0, 0.05) is 0 Å². The van der Waals surface area contributed by atoms with E-state index in [9.17, 15) is 16.8 Å². The van der Waals surface area contributed by atoms with Gasteiger partial charge in [-0.3, -0.25) is 0 Å². The number of hydrogen-bond donors (Lipinski definition) is 0. The average molecular weight is 431 g/mol. The molecule has 0 radical (unpaired) electrons. The molecule has 0 N–H and O–H groups in total. The van der Waals surface area contributed by atoms with Crippen molar-refractivity contribution in [1.82, 2.24) is 0 Å². The van der Waals surface area contributed by atoms with Crippen LogP contribution in [-0.2, 0) is 24.4 Å². The van der Waals surface area contributed by atoms with Crippen LogP contribution >= 0.6 is 0 Å². The Bertz CT molecular complexity index is 1220. The van der Waals surface area contributed by atoms with Crippen molar-refractivity contribution in [2.24, 2.45) is 0 Å². The molecule has 0 bridgehead atoms. The lowest BCUT2D eigenvalue weighted by molar-refractivity contribution is 0.257. The molecule has 6 nitrogen and oxygen atoms in total. The second-order valence-electron chi connectivity index (χ2n) is 6.51. The predicted octanol–water partition coefficient (Wildman–Crippen LogP) is 3.13. The lowest BCUT2D eigenvalue weighted by atomic mass is 10.3. The summed E-state index contributed by atoms with van der Waals surface area (Å²) >= 11 is 0. The lowest BCUT2D eigenvalue weighted by Gasteiger charge is -2.14. The predicted molar refractivity (Wildman–Crippen MR) is 105 cm³/mol. The highest BCUT2D eigenvalue weighted by molar-refractivity contribution is 7.92. The van der Waals surface area contributed by atoms with E-state index in [4.69, 9.17) is 9.47 Å². The van der Waals surface area contributed by atoms with Gasteiger partial charge in [0.05, 0.1) is 21.3 Å². The maximum Gasteiger partial charge on any atom is 0.210 e. The minimum atomic E-state index is -3.99. The Balaban J connectivity index is 1.83. The summed E-state index contributed by atoms with van der Waals surface area (Å²) in [4.78, 5) is -0.167. The largest absolute Gasteiger partial charge is 0.489 e.